The molecule has 0 radical (unpaired) electrons. The molecule has 0 aliphatic rings. The average Bonchev–Trinajstić information content (AvgIpc) is 3.12. The molecule has 7 nitrogen and oxygen atoms in total. The molecule has 0 aliphatic carbocycles. The van der Waals surface area contributed by atoms with Crippen molar-refractivity contribution in [1.29, 1.82) is 0 Å². The van der Waals surface area contributed by atoms with Gasteiger partial charge in [0.05, 0.1) is 4.88 Å². The van der Waals surface area contributed by atoms with E-state index in [9.17, 15) is 14.4 Å². The molecule has 0 aliphatic heterocycles. The van der Waals surface area contributed by atoms with Crippen LogP contribution in [0.25, 0.3) is 0 Å². The number of thioether (sulfide) groups is 1. The molecule has 0 bridgehead atoms. The lowest BCUT2D eigenvalue weighted by molar-refractivity contribution is -0.115. The van der Waals surface area contributed by atoms with Crippen molar-refractivity contribution in [3.05, 3.63) is 32.7 Å². The third kappa shape index (κ3) is 5.17. The van der Waals surface area contributed by atoms with Crippen LogP contribution in [0.3, 0.4) is 0 Å². The Bertz CT molecular complexity index is 802. The Labute approximate surface area is 153 Å². The maximum atomic E-state index is 12.4. The first-order valence-electron chi connectivity index (χ1n) is 7.90. The number of hydrogen-bond donors (Lipinski definition) is 3. The highest BCUT2D eigenvalue weighted by molar-refractivity contribution is 7.99. The van der Waals surface area contributed by atoms with E-state index in [1.54, 1.807) is 24.4 Å². The standard InChI is InChI=1S/C16H20N4O3S2/c1-4-9(3)25-16-19-13(17-11(21)5-2)12(15(23)20-16)18-14(22)10-7-6-8-24-10/h6-9H,4-5H2,1-3H3,(H,18,22)(H2,17,19,20,21,23)/t9-/m0/s1. The van der Waals surface area contributed by atoms with Crippen LogP contribution in [0.5, 0.6) is 0 Å². The van der Waals surface area contributed by atoms with E-state index in [4.69, 9.17) is 0 Å². The molecule has 2 heterocycles. The number of nitrogens with zero attached hydrogens (tertiary/aromatic N) is 1. The van der Waals surface area contributed by atoms with E-state index >= 15 is 0 Å². The van der Waals surface area contributed by atoms with Crippen molar-refractivity contribution in [2.45, 2.75) is 44.0 Å². The lowest BCUT2D eigenvalue weighted by Gasteiger charge is -2.13. The maximum Gasteiger partial charge on any atom is 0.277 e. The Morgan fingerprint density at radius 3 is 2.72 bits per heavy atom. The zero-order chi connectivity index (χ0) is 18.4. The Balaban J connectivity index is 2.37. The molecular formula is C16H20N4O3S2. The fourth-order valence-corrected chi connectivity index (χ4v) is 3.25. The molecule has 0 fully saturated rings. The fourth-order valence-electron chi connectivity index (χ4n) is 1.79. The largest absolute Gasteiger partial charge is 0.314 e. The van der Waals surface area contributed by atoms with E-state index in [1.807, 2.05) is 13.8 Å². The molecule has 3 N–H and O–H groups in total. The van der Waals surface area contributed by atoms with Gasteiger partial charge in [0, 0.05) is 11.7 Å². The van der Waals surface area contributed by atoms with Gasteiger partial charge in [-0.3, -0.25) is 19.4 Å². The molecule has 2 rings (SSSR count). The van der Waals surface area contributed by atoms with Gasteiger partial charge in [-0.1, -0.05) is 38.6 Å². The number of H-pyrrole nitrogens is 1. The highest BCUT2D eigenvalue weighted by Crippen LogP contribution is 2.24. The smallest absolute Gasteiger partial charge is 0.277 e. The summed E-state index contributed by atoms with van der Waals surface area (Å²) >= 11 is 2.66. The number of aromatic amines is 1. The lowest BCUT2D eigenvalue weighted by Crippen LogP contribution is -2.24. The summed E-state index contributed by atoms with van der Waals surface area (Å²) in [6.45, 7) is 5.74. The molecule has 0 spiro atoms. The normalized spacial score (nSPS) is 11.8. The second-order valence-corrected chi connectivity index (χ2v) is 7.64. The maximum absolute atomic E-state index is 12.4. The number of hydrogen-bond acceptors (Lipinski definition) is 6. The second-order valence-electron chi connectivity index (χ2n) is 5.26. The van der Waals surface area contributed by atoms with E-state index in [-0.39, 0.29) is 29.1 Å². The van der Waals surface area contributed by atoms with Crippen LogP contribution in [0.4, 0.5) is 11.5 Å². The topological polar surface area (TPSA) is 104 Å². The predicted molar refractivity (Wildman–Crippen MR) is 102 cm³/mol. The minimum absolute atomic E-state index is 0.0614. The second kappa shape index (κ2) is 8.82. The monoisotopic (exact) mass is 380 g/mol. The molecule has 0 unspecified atom stereocenters. The molecule has 0 saturated heterocycles. The van der Waals surface area contributed by atoms with Crippen molar-refractivity contribution in [2.24, 2.45) is 0 Å². The van der Waals surface area contributed by atoms with Gasteiger partial charge in [0.25, 0.3) is 11.5 Å². The van der Waals surface area contributed by atoms with Crippen molar-refractivity contribution in [1.82, 2.24) is 9.97 Å². The Morgan fingerprint density at radius 2 is 2.12 bits per heavy atom. The van der Waals surface area contributed by atoms with Gasteiger partial charge in [-0.05, 0) is 17.9 Å². The molecule has 25 heavy (non-hydrogen) atoms. The summed E-state index contributed by atoms with van der Waals surface area (Å²) in [5.41, 5.74) is -0.564. The summed E-state index contributed by atoms with van der Waals surface area (Å²) in [5.74, 6) is -0.646. The van der Waals surface area contributed by atoms with Crippen LogP contribution < -0.4 is 16.2 Å². The van der Waals surface area contributed by atoms with Gasteiger partial charge in [0.2, 0.25) is 5.91 Å². The average molecular weight is 380 g/mol. The van der Waals surface area contributed by atoms with E-state index in [0.717, 1.165) is 6.42 Å². The highest BCUT2D eigenvalue weighted by Gasteiger charge is 2.18. The first-order valence-corrected chi connectivity index (χ1v) is 9.66. The van der Waals surface area contributed by atoms with Crippen LogP contribution in [-0.4, -0.2) is 27.0 Å². The van der Waals surface area contributed by atoms with Crippen LogP contribution >= 0.6 is 23.1 Å². The Hall–Kier alpha value is -2.13. The van der Waals surface area contributed by atoms with Crippen molar-refractivity contribution >= 4 is 46.4 Å². The lowest BCUT2D eigenvalue weighted by atomic mass is 10.3. The summed E-state index contributed by atoms with van der Waals surface area (Å²) in [4.78, 5) is 43.9. The Morgan fingerprint density at radius 1 is 1.36 bits per heavy atom. The van der Waals surface area contributed by atoms with Gasteiger partial charge in [-0.15, -0.1) is 11.3 Å². The molecule has 2 aromatic heterocycles. The summed E-state index contributed by atoms with van der Waals surface area (Å²) in [5, 5.41) is 7.56. The van der Waals surface area contributed by atoms with E-state index in [1.165, 1.54) is 23.1 Å². The van der Waals surface area contributed by atoms with E-state index in [2.05, 4.69) is 20.6 Å². The zero-order valence-electron chi connectivity index (χ0n) is 14.2. The number of rotatable bonds is 7. The molecule has 2 amide bonds. The fraction of sp³-hybridized carbons (Fsp3) is 0.375. The first-order chi connectivity index (χ1) is 11.9. The van der Waals surface area contributed by atoms with Crippen LogP contribution in [0.15, 0.2) is 27.5 Å². The minimum Gasteiger partial charge on any atom is -0.314 e. The van der Waals surface area contributed by atoms with Gasteiger partial charge < -0.3 is 10.6 Å². The number of nitrogens with one attached hydrogen (secondary N) is 3. The summed E-state index contributed by atoms with van der Waals surface area (Å²) in [6.07, 6.45) is 1.14. The summed E-state index contributed by atoms with van der Waals surface area (Å²) in [6, 6.07) is 3.40. The third-order valence-corrected chi connectivity index (χ3v) is 5.37. The molecule has 2 aromatic rings. The van der Waals surface area contributed by atoms with E-state index in [0.29, 0.717) is 10.0 Å². The minimum atomic E-state index is -0.503. The zero-order valence-corrected chi connectivity index (χ0v) is 15.8. The van der Waals surface area contributed by atoms with Gasteiger partial charge in [-0.2, -0.15) is 0 Å². The number of anilines is 2. The summed E-state index contributed by atoms with van der Waals surface area (Å²) in [7, 11) is 0. The molecular weight excluding hydrogens is 360 g/mol. The van der Waals surface area contributed by atoms with Crippen LogP contribution in [0.2, 0.25) is 0 Å². The number of amides is 2. The number of carbonyl (C=O) groups is 2. The molecule has 0 saturated carbocycles. The molecule has 9 heteroatoms. The van der Waals surface area contributed by atoms with Gasteiger partial charge in [0.1, 0.15) is 0 Å². The Kier molecular flexibility index (Phi) is 6.77. The van der Waals surface area contributed by atoms with Gasteiger partial charge >= 0.3 is 0 Å². The van der Waals surface area contributed by atoms with Crippen molar-refractivity contribution < 1.29 is 9.59 Å². The van der Waals surface area contributed by atoms with Crippen molar-refractivity contribution in [3.8, 4) is 0 Å². The summed E-state index contributed by atoms with van der Waals surface area (Å²) < 4.78 is 0. The third-order valence-electron chi connectivity index (χ3n) is 3.35. The number of aromatic nitrogens is 2. The van der Waals surface area contributed by atoms with Gasteiger partial charge in [-0.25, -0.2) is 4.98 Å². The SMILES string of the molecule is CCC(=O)Nc1nc(S[C@@H](C)CC)[nH]c(=O)c1NC(=O)c1cccs1. The number of thiophene rings is 1. The first kappa shape index (κ1) is 19.2. The molecule has 1 atom stereocenters. The van der Waals surface area contributed by atoms with Crippen LogP contribution in [0.1, 0.15) is 43.3 Å². The quantitative estimate of drug-likeness (QED) is 0.505. The predicted octanol–water partition coefficient (Wildman–Crippen LogP) is 3.32. The van der Waals surface area contributed by atoms with Crippen molar-refractivity contribution in [2.75, 3.05) is 10.6 Å². The highest BCUT2D eigenvalue weighted by atomic mass is 32.2. The van der Waals surface area contributed by atoms with Crippen molar-refractivity contribution in [3.63, 3.8) is 0 Å². The van der Waals surface area contributed by atoms with Crippen LogP contribution in [0, 0.1) is 0 Å². The number of carbonyl (C=O) groups excluding carboxylic acids is 2. The van der Waals surface area contributed by atoms with Gasteiger partial charge in [0.15, 0.2) is 16.7 Å². The van der Waals surface area contributed by atoms with Crippen LogP contribution in [-0.2, 0) is 4.79 Å². The molecule has 134 valence electrons. The van der Waals surface area contributed by atoms with E-state index < -0.39 is 11.5 Å². The molecule has 0 aromatic carbocycles.